The molecule has 0 radical (unpaired) electrons. The predicted octanol–water partition coefficient (Wildman–Crippen LogP) is 2.64. The zero-order valence-electron chi connectivity index (χ0n) is 19.1. The van der Waals surface area contributed by atoms with Crippen LogP contribution in [0.1, 0.15) is 30.4 Å². The summed E-state index contributed by atoms with van der Waals surface area (Å²) < 4.78 is 38.7. The minimum absolute atomic E-state index is 0.00947. The molecule has 3 atom stereocenters. The van der Waals surface area contributed by atoms with E-state index in [9.17, 15) is 22.8 Å². The highest BCUT2D eigenvalue weighted by molar-refractivity contribution is 7.89. The van der Waals surface area contributed by atoms with Gasteiger partial charge in [0, 0.05) is 26.5 Å². The number of ether oxygens (including phenoxy) is 2. The van der Waals surface area contributed by atoms with E-state index in [2.05, 4.69) is 0 Å². The molecule has 1 aliphatic carbocycles. The molecule has 1 heterocycles. The second-order valence-corrected chi connectivity index (χ2v) is 10.6. The molecule has 0 N–H and O–H groups in total. The second kappa shape index (κ2) is 9.31. The third-order valence-electron chi connectivity index (χ3n) is 6.74. The van der Waals surface area contributed by atoms with Crippen molar-refractivity contribution in [1.82, 2.24) is 4.31 Å². The molecule has 2 aromatic rings. The molecule has 34 heavy (non-hydrogen) atoms. The number of esters is 1. The Morgan fingerprint density at radius 1 is 1.06 bits per heavy atom. The highest BCUT2D eigenvalue weighted by atomic mass is 32.2. The van der Waals surface area contributed by atoms with E-state index in [0.717, 1.165) is 15.4 Å². The van der Waals surface area contributed by atoms with Crippen molar-refractivity contribution in [2.75, 3.05) is 13.7 Å². The first-order valence-corrected chi connectivity index (χ1v) is 12.5. The van der Waals surface area contributed by atoms with Crippen LogP contribution in [0.4, 0.5) is 0 Å². The number of ketones is 1. The summed E-state index contributed by atoms with van der Waals surface area (Å²) in [6.07, 6.45) is -1.14. The van der Waals surface area contributed by atoms with Gasteiger partial charge in [0.05, 0.1) is 11.0 Å². The number of benzene rings is 2. The topological polar surface area (TPSA) is 107 Å². The molecule has 0 spiro atoms. The highest BCUT2D eigenvalue weighted by Crippen LogP contribution is 2.49. The van der Waals surface area contributed by atoms with Crippen LogP contribution in [-0.4, -0.2) is 50.1 Å². The number of Topliss-reactive ketones (excluding diaryl/α,β-unsaturated/α-hetero) is 1. The Bertz CT molecular complexity index is 1180. The Morgan fingerprint density at radius 3 is 2.38 bits per heavy atom. The number of aryl methyl sites for hydroxylation is 1. The predicted molar refractivity (Wildman–Crippen MR) is 122 cm³/mol. The summed E-state index contributed by atoms with van der Waals surface area (Å²) in [6.45, 7) is 1.61. The molecule has 2 fully saturated rings. The molecule has 1 amide bonds. The lowest BCUT2D eigenvalue weighted by atomic mass is 9.60. The van der Waals surface area contributed by atoms with Crippen molar-refractivity contribution < 1.29 is 32.3 Å². The quantitative estimate of drug-likeness (QED) is 0.457. The summed E-state index contributed by atoms with van der Waals surface area (Å²) in [4.78, 5) is 39.9. The number of carbonyl (C=O) groups is 3. The molecule has 8 nitrogen and oxygen atoms in total. The number of rotatable bonds is 6. The number of hydrogen-bond acceptors (Lipinski definition) is 7. The first-order chi connectivity index (χ1) is 16.2. The van der Waals surface area contributed by atoms with Gasteiger partial charge in [-0.3, -0.25) is 14.4 Å². The van der Waals surface area contributed by atoms with E-state index in [4.69, 9.17) is 9.47 Å². The van der Waals surface area contributed by atoms with Gasteiger partial charge in [0.15, 0.2) is 5.41 Å². The van der Waals surface area contributed by atoms with Gasteiger partial charge in [-0.15, -0.1) is 0 Å². The minimum Gasteiger partial charge on any atom is -0.460 e. The lowest BCUT2D eigenvalue weighted by Gasteiger charge is -2.49. The average Bonchev–Trinajstić information content (AvgIpc) is 2.83. The second-order valence-electron chi connectivity index (χ2n) is 8.78. The van der Waals surface area contributed by atoms with Crippen LogP contribution in [-0.2, 0) is 40.5 Å². The zero-order chi connectivity index (χ0) is 24.5. The van der Waals surface area contributed by atoms with Gasteiger partial charge in [0.25, 0.3) is 15.9 Å². The molecule has 9 heteroatoms. The van der Waals surface area contributed by atoms with Crippen LogP contribution in [0.25, 0.3) is 0 Å². The molecular formula is C25H27NO7S. The first kappa shape index (κ1) is 24.1. The Balaban J connectivity index is 1.74. The molecule has 4 rings (SSSR count). The summed E-state index contributed by atoms with van der Waals surface area (Å²) in [5, 5.41) is 0. The lowest BCUT2D eigenvalue weighted by molar-refractivity contribution is -0.190. The monoisotopic (exact) mass is 485 g/mol. The van der Waals surface area contributed by atoms with Gasteiger partial charge in [0.2, 0.25) is 0 Å². The van der Waals surface area contributed by atoms with Crippen molar-refractivity contribution in [3.8, 4) is 0 Å². The number of amides is 1. The number of hydrogen-bond donors (Lipinski definition) is 0. The third-order valence-corrected chi connectivity index (χ3v) is 8.54. The zero-order valence-corrected chi connectivity index (χ0v) is 19.9. The maximum Gasteiger partial charge on any atom is 0.325 e. The number of piperidine rings is 1. The number of nitrogens with zero attached hydrogens (tertiary/aromatic N) is 1. The number of sulfonamides is 1. The van der Waals surface area contributed by atoms with Crippen molar-refractivity contribution >= 4 is 27.7 Å². The highest BCUT2D eigenvalue weighted by Gasteiger charge is 2.66. The van der Waals surface area contributed by atoms with Crippen molar-refractivity contribution in [2.24, 2.45) is 11.3 Å². The fourth-order valence-corrected chi connectivity index (χ4v) is 6.39. The molecule has 1 aliphatic heterocycles. The lowest BCUT2D eigenvalue weighted by Crippen LogP contribution is -2.66. The van der Waals surface area contributed by atoms with Crippen molar-refractivity contribution in [1.29, 1.82) is 0 Å². The molecule has 1 saturated heterocycles. The van der Waals surface area contributed by atoms with Crippen molar-refractivity contribution in [3.05, 3.63) is 65.7 Å². The summed E-state index contributed by atoms with van der Waals surface area (Å²) in [5.41, 5.74) is -0.333. The Morgan fingerprint density at radius 2 is 1.74 bits per heavy atom. The molecule has 0 unspecified atom stereocenters. The van der Waals surface area contributed by atoms with E-state index in [1.807, 2.05) is 13.0 Å². The van der Waals surface area contributed by atoms with Crippen LogP contribution in [0, 0.1) is 18.3 Å². The van der Waals surface area contributed by atoms with Crippen LogP contribution in [0.3, 0.4) is 0 Å². The van der Waals surface area contributed by atoms with E-state index in [-0.39, 0.29) is 43.1 Å². The van der Waals surface area contributed by atoms with E-state index in [0.29, 0.717) is 0 Å². The van der Waals surface area contributed by atoms with Crippen molar-refractivity contribution in [3.63, 3.8) is 0 Å². The Labute approximate surface area is 198 Å². The number of methoxy groups -OCH3 is 1. The minimum atomic E-state index is -4.23. The van der Waals surface area contributed by atoms with E-state index in [1.54, 1.807) is 36.4 Å². The molecule has 2 aromatic carbocycles. The first-order valence-electron chi connectivity index (χ1n) is 11.1. The molecule has 0 aromatic heterocycles. The number of carbonyl (C=O) groups excluding carboxylic acids is 3. The number of fused-ring (bicyclic) bond motifs is 1. The molecule has 2 aliphatic rings. The van der Waals surface area contributed by atoms with Gasteiger partial charge in [-0.25, -0.2) is 12.7 Å². The maximum atomic E-state index is 14.0. The fraction of sp³-hybridized carbons (Fsp3) is 0.400. The van der Waals surface area contributed by atoms with Gasteiger partial charge in [0.1, 0.15) is 12.4 Å². The van der Waals surface area contributed by atoms with E-state index >= 15 is 0 Å². The van der Waals surface area contributed by atoms with Crippen LogP contribution in [0.15, 0.2) is 59.5 Å². The Hall–Kier alpha value is -3.04. The molecule has 0 bridgehead atoms. The molecule has 180 valence electrons. The van der Waals surface area contributed by atoms with Crippen LogP contribution in [0.5, 0.6) is 0 Å². The standard InChI is InChI=1S/C25H27NO7S/c1-17-8-10-21(11-9-17)34(30,31)26-13-12-19-14-20(27)15-22(32-2)25(19,23(26)28)24(29)33-16-18-6-4-3-5-7-18/h3-11,19,22H,12-16H2,1-2H3/t19-,22+,25+/m1/s1. The smallest absolute Gasteiger partial charge is 0.325 e. The van der Waals surface area contributed by atoms with Gasteiger partial charge < -0.3 is 9.47 Å². The summed E-state index contributed by atoms with van der Waals surface area (Å²) in [5.74, 6) is -2.61. The van der Waals surface area contributed by atoms with Crippen LogP contribution in [0.2, 0.25) is 0 Å². The van der Waals surface area contributed by atoms with E-state index < -0.39 is 39.3 Å². The van der Waals surface area contributed by atoms with E-state index in [1.165, 1.54) is 19.2 Å². The molecule has 1 saturated carbocycles. The van der Waals surface area contributed by atoms with Gasteiger partial charge in [-0.1, -0.05) is 48.0 Å². The van der Waals surface area contributed by atoms with Gasteiger partial charge >= 0.3 is 5.97 Å². The molecular weight excluding hydrogens is 458 g/mol. The largest absolute Gasteiger partial charge is 0.460 e. The van der Waals surface area contributed by atoms with Gasteiger partial charge in [-0.05, 0) is 37.0 Å². The maximum absolute atomic E-state index is 14.0. The van der Waals surface area contributed by atoms with Gasteiger partial charge in [-0.2, -0.15) is 0 Å². The normalized spacial score (nSPS) is 25.1. The Kier molecular flexibility index (Phi) is 6.60. The summed E-state index contributed by atoms with van der Waals surface area (Å²) >= 11 is 0. The summed E-state index contributed by atoms with van der Waals surface area (Å²) in [7, 11) is -2.91. The van der Waals surface area contributed by atoms with Crippen molar-refractivity contribution in [2.45, 2.75) is 43.8 Å². The van der Waals surface area contributed by atoms with Crippen LogP contribution >= 0.6 is 0 Å². The average molecular weight is 486 g/mol. The fourth-order valence-electron chi connectivity index (χ4n) is 4.94. The SMILES string of the molecule is CO[C@H]1CC(=O)C[C@H]2CCN(S(=O)(=O)c3ccc(C)cc3)C(=O)[C@]21C(=O)OCc1ccccc1. The summed E-state index contributed by atoms with van der Waals surface area (Å²) in [6, 6.07) is 15.1. The third kappa shape index (κ3) is 4.03. The van der Waals surface area contributed by atoms with Crippen LogP contribution < -0.4 is 0 Å².